The van der Waals surface area contributed by atoms with Crippen molar-refractivity contribution in [1.29, 1.82) is 0 Å². The van der Waals surface area contributed by atoms with E-state index in [2.05, 4.69) is 4.98 Å². The van der Waals surface area contributed by atoms with Crippen molar-refractivity contribution < 1.29 is 19.2 Å². The fraction of sp³-hybridized carbons (Fsp3) is 0.133. The number of H-pyrrole nitrogens is 1. The van der Waals surface area contributed by atoms with E-state index in [1.54, 1.807) is 24.3 Å². The number of esters is 1. The maximum atomic E-state index is 12.1. The summed E-state index contributed by atoms with van der Waals surface area (Å²) in [5.41, 5.74) is 4.39. The van der Waals surface area contributed by atoms with Gasteiger partial charge in [-0.05, 0) is 54.5 Å². The summed E-state index contributed by atoms with van der Waals surface area (Å²) in [6.45, 7) is 0. The maximum Gasteiger partial charge on any atom is 0.337 e. The topological polar surface area (TPSA) is 107 Å². The number of carbonyl (C=O) groups excluding carboxylic acids is 1. The molecule has 0 amide bonds. The lowest BCUT2D eigenvalue weighted by molar-refractivity contribution is -0.384. The molecule has 0 aliphatic rings. The van der Waals surface area contributed by atoms with Crippen LogP contribution in [0.15, 0.2) is 79.0 Å². The molecule has 1 atom stereocenters. The lowest BCUT2D eigenvalue weighted by Crippen LogP contribution is -2.06. The smallest absolute Gasteiger partial charge is 0.337 e. The summed E-state index contributed by atoms with van der Waals surface area (Å²) in [5.74, 6) is -0.218. The summed E-state index contributed by atoms with van der Waals surface area (Å²) in [5, 5.41) is 13.8. The number of carbonyl (C=O) groups is 1. The number of nitrogens with one attached hydrogen (secondary N) is 1. The highest BCUT2D eigenvalue weighted by molar-refractivity contribution is 6.31. The van der Waals surface area contributed by atoms with Gasteiger partial charge in [0.25, 0.3) is 5.69 Å². The molecule has 0 aliphatic carbocycles. The lowest BCUT2D eigenvalue weighted by atomic mass is 9.86. The zero-order valence-corrected chi connectivity index (χ0v) is 21.9. The largest absolute Gasteiger partial charge is 0.496 e. The molecule has 5 aromatic rings. The van der Waals surface area contributed by atoms with Gasteiger partial charge >= 0.3 is 5.97 Å². The number of hydrogen-bond donors (Lipinski definition) is 1. The van der Waals surface area contributed by atoms with E-state index in [1.165, 1.54) is 20.3 Å². The summed E-state index contributed by atoms with van der Waals surface area (Å²) in [6.07, 6.45) is 6.32. The standard InChI is InChI=1S/C30H24ClN3O5/c1-38-29-14-19(30(35)39-2)8-12-24(29)23(26-17-32-27-13-11-22(34(36)37)16-25(26)27)5-3-4-21-10-7-18-6-9-20(31)15-28(18)33-21/h3-4,6-17,23,32H,5H2,1-2H3. The number of halogens is 1. The SMILES string of the molecule is COC(=O)c1ccc(C(CC=Cc2ccc3ccc(Cl)cc3n2)c2c[nH]c3ccc([N+](=O)[O-])cc23)c(OC)c1. The number of hydrogen-bond acceptors (Lipinski definition) is 6. The molecule has 9 heteroatoms. The average Bonchev–Trinajstić information content (AvgIpc) is 3.37. The predicted octanol–water partition coefficient (Wildman–Crippen LogP) is 7.31. The Morgan fingerprint density at radius 1 is 1.08 bits per heavy atom. The van der Waals surface area contributed by atoms with Gasteiger partial charge in [-0.25, -0.2) is 9.78 Å². The van der Waals surface area contributed by atoms with E-state index >= 15 is 0 Å². The molecular weight excluding hydrogens is 518 g/mol. The first-order chi connectivity index (χ1) is 18.9. The molecule has 196 valence electrons. The molecular formula is C30H24ClN3O5. The Hall–Kier alpha value is -4.69. The van der Waals surface area contributed by atoms with Gasteiger partial charge in [0.1, 0.15) is 5.75 Å². The molecule has 39 heavy (non-hydrogen) atoms. The molecule has 1 N–H and O–H groups in total. The number of ether oxygens (including phenoxy) is 2. The molecule has 0 saturated carbocycles. The van der Waals surface area contributed by atoms with Crippen LogP contribution in [-0.2, 0) is 4.74 Å². The first kappa shape index (κ1) is 25.9. The fourth-order valence-corrected chi connectivity index (χ4v) is 4.89. The second kappa shape index (κ2) is 11.0. The number of non-ortho nitro benzene ring substituents is 1. The molecule has 3 aromatic carbocycles. The van der Waals surface area contributed by atoms with E-state index in [0.717, 1.165) is 38.6 Å². The predicted molar refractivity (Wildman–Crippen MR) is 152 cm³/mol. The van der Waals surface area contributed by atoms with Gasteiger partial charge in [0.05, 0.1) is 35.9 Å². The summed E-state index contributed by atoms with van der Waals surface area (Å²) >= 11 is 6.14. The van der Waals surface area contributed by atoms with E-state index in [0.29, 0.717) is 22.8 Å². The van der Waals surface area contributed by atoms with Crippen LogP contribution in [0.2, 0.25) is 5.02 Å². The molecule has 0 radical (unpaired) electrons. The number of rotatable bonds is 8. The highest BCUT2D eigenvalue weighted by Crippen LogP contribution is 2.39. The summed E-state index contributed by atoms with van der Waals surface area (Å²) in [7, 11) is 2.86. The van der Waals surface area contributed by atoms with Crippen LogP contribution in [0.4, 0.5) is 5.69 Å². The average molecular weight is 542 g/mol. The van der Waals surface area contributed by atoms with E-state index in [9.17, 15) is 14.9 Å². The Morgan fingerprint density at radius 2 is 1.90 bits per heavy atom. The normalized spacial score (nSPS) is 12.2. The summed E-state index contributed by atoms with van der Waals surface area (Å²) < 4.78 is 10.5. The van der Waals surface area contributed by atoms with Gasteiger partial charge in [0.15, 0.2) is 0 Å². The third kappa shape index (κ3) is 5.32. The second-order valence-corrected chi connectivity index (χ2v) is 9.38. The van der Waals surface area contributed by atoms with Crippen LogP contribution in [0.5, 0.6) is 5.75 Å². The number of pyridine rings is 1. The number of nitro benzene ring substituents is 1. The number of nitrogens with zero attached hydrogens (tertiary/aromatic N) is 2. The molecule has 0 bridgehead atoms. The van der Waals surface area contributed by atoms with Crippen molar-refractivity contribution in [2.24, 2.45) is 0 Å². The van der Waals surface area contributed by atoms with Gasteiger partial charge in [-0.15, -0.1) is 0 Å². The third-order valence-corrected chi connectivity index (χ3v) is 6.88. The quantitative estimate of drug-likeness (QED) is 0.125. The van der Waals surface area contributed by atoms with E-state index in [4.69, 9.17) is 26.1 Å². The highest BCUT2D eigenvalue weighted by Gasteiger charge is 2.23. The van der Waals surface area contributed by atoms with Crippen molar-refractivity contribution in [3.63, 3.8) is 0 Å². The minimum Gasteiger partial charge on any atom is -0.496 e. The van der Waals surface area contributed by atoms with Crippen LogP contribution in [0.25, 0.3) is 27.9 Å². The van der Waals surface area contributed by atoms with Crippen LogP contribution < -0.4 is 4.74 Å². The van der Waals surface area contributed by atoms with Crippen LogP contribution in [0.3, 0.4) is 0 Å². The number of methoxy groups -OCH3 is 2. The molecule has 2 aromatic heterocycles. The van der Waals surface area contributed by atoms with Crippen molar-refractivity contribution in [2.45, 2.75) is 12.3 Å². The first-order valence-electron chi connectivity index (χ1n) is 12.1. The molecule has 0 saturated heterocycles. The van der Waals surface area contributed by atoms with Crippen LogP contribution in [-0.4, -0.2) is 35.1 Å². The zero-order chi connectivity index (χ0) is 27.5. The van der Waals surface area contributed by atoms with Gasteiger partial charge in [0.2, 0.25) is 0 Å². The number of allylic oxidation sites excluding steroid dienone is 1. The van der Waals surface area contributed by atoms with Gasteiger partial charge in [-0.1, -0.05) is 35.9 Å². The van der Waals surface area contributed by atoms with Crippen LogP contribution >= 0.6 is 11.6 Å². The van der Waals surface area contributed by atoms with Crippen molar-refractivity contribution >= 4 is 51.1 Å². The number of nitro groups is 1. The third-order valence-electron chi connectivity index (χ3n) is 6.65. The lowest BCUT2D eigenvalue weighted by Gasteiger charge is -2.19. The highest BCUT2D eigenvalue weighted by atomic mass is 35.5. The minimum atomic E-state index is -0.471. The molecule has 8 nitrogen and oxygen atoms in total. The number of aromatic amines is 1. The molecule has 1 unspecified atom stereocenters. The summed E-state index contributed by atoms with van der Waals surface area (Å²) in [4.78, 5) is 31.1. The Morgan fingerprint density at radius 3 is 2.67 bits per heavy atom. The Kier molecular flexibility index (Phi) is 7.29. The van der Waals surface area contributed by atoms with Crippen molar-refractivity contribution in [1.82, 2.24) is 9.97 Å². The van der Waals surface area contributed by atoms with E-state index in [1.807, 2.05) is 54.7 Å². The number of aromatic nitrogens is 2. The minimum absolute atomic E-state index is 0.00432. The summed E-state index contributed by atoms with van der Waals surface area (Å²) in [6, 6.07) is 19.4. The fourth-order valence-electron chi connectivity index (χ4n) is 4.72. The zero-order valence-electron chi connectivity index (χ0n) is 21.2. The van der Waals surface area contributed by atoms with Gasteiger partial charge in [-0.2, -0.15) is 0 Å². The van der Waals surface area contributed by atoms with Crippen LogP contribution in [0, 0.1) is 10.1 Å². The van der Waals surface area contributed by atoms with Gasteiger partial charge in [0, 0.05) is 51.1 Å². The number of benzene rings is 3. The molecule has 0 spiro atoms. The first-order valence-corrected chi connectivity index (χ1v) is 12.5. The van der Waals surface area contributed by atoms with Crippen molar-refractivity contribution in [3.8, 4) is 5.75 Å². The molecule has 0 fully saturated rings. The van der Waals surface area contributed by atoms with Crippen LogP contribution in [0.1, 0.15) is 39.5 Å². The molecule has 2 heterocycles. The Balaban J connectivity index is 1.58. The van der Waals surface area contributed by atoms with Crippen molar-refractivity contribution in [2.75, 3.05) is 14.2 Å². The second-order valence-electron chi connectivity index (χ2n) is 8.94. The maximum absolute atomic E-state index is 12.1. The van der Waals surface area contributed by atoms with E-state index < -0.39 is 10.9 Å². The Bertz CT molecular complexity index is 1740. The molecule has 5 rings (SSSR count). The van der Waals surface area contributed by atoms with Crippen molar-refractivity contribution in [3.05, 3.63) is 117 Å². The Labute approximate surface area is 229 Å². The number of fused-ring (bicyclic) bond motifs is 2. The molecule has 0 aliphatic heterocycles. The monoisotopic (exact) mass is 541 g/mol. The van der Waals surface area contributed by atoms with Gasteiger partial charge in [-0.3, -0.25) is 10.1 Å². The van der Waals surface area contributed by atoms with Gasteiger partial charge < -0.3 is 14.5 Å². The van der Waals surface area contributed by atoms with E-state index in [-0.39, 0.29) is 11.6 Å².